The number of nitrogens with zero attached hydrogens (tertiary/aromatic N) is 1. The Morgan fingerprint density at radius 1 is 1.32 bits per heavy atom. The van der Waals surface area contributed by atoms with E-state index in [1.807, 2.05) is 18.2 Å². The molecule has 1 heterocycles. The second-order valence-electron chi connectivity index (χ2n) is 6.37. The minimum atomic E-state index is -0.468. The number of ether oxygens (including phenoxy) is 2. The fourth-order valence-corrected chi connectivity index (χ4v) is 3.82. The second kappa shape index (κ2) is 6.57. The Morgan fingerprint density at radius 3 is 2.68 bits per heavy atom. The average Bonchev–Trinajstić information content (AvgIpc) is 3.06. The normalized spacial score (nSPS) is 24.2. The zero-order valence-corrected chi connectivity index (χ0v) is 13.1. The van der Waals surface area contributed by atoms with Gasteiger partial charge in [0.1, 0.15) is 11.5 Å². The molecule has 1 saturated heterocycles. The van der Waals surface area contributed by atoms with E-state index in [9.17, 15) is 4.79 Å². The number of likely N-dealkylation sites (tertiary alicyclic amines) is 1. The minimum absolute atomic E-state index is 0.0976. The number of primary amides is 1. The molecule has 1 amide bonds. The lowest BCUT2D eigenvalue weighted by Gasteiger charge is -2.19. The molecule has 2 fully saturated rings. The van der Waals surface area contributed by atoms with Gasteiger partial charge in [0.2, 0.25) is 0 Å². The molecule has 2 N–H and O–H groups in total. The van der Waals surface area contributed by atoms with Crippen molar-refractivity contribution in [3.63, 3.8) is 0 Å². The van der Waals surface area contributed by atoms with Gasteiger partial charge in [-0.1, -0.05) is 6.42 Å². The van der Waals surface area contributed by atoms with E-state index in [-0.39, 0.29) is 6.61 Å². The predicted molar refractivity (Wildman–Crippen MR) is 83.8 cm³/mol. The summed E-state index contributed by atoms with van der Waals surface area (Å²) >= 11 is 0. The Hall–Kier alpha value is -1.75. The first kappa shape index (κ1) is 15.2. The molecule has 1 aromatic carbocycles. The van der Waals surface area contributed by atoms with Crippen molar-refractivity contribution >= 4 is 5.91 Å². The Morgan fingerprint density at radius 2 is 2.05 bits per heavy atom. The number of nitrogens with two attached hydrogens (primary N) is 1. The molecule has 22 heavy (non-hydrogen) atoms. The van der Waals surface area contributed by atoms with Crippen LogP contribution < -0.4 is 15.2 Å². The molecule has 5 nitrogen and oxygen atoms in total. The number of carbonyl (C=O) groups is 1. The van der Waals surface area contributed by atoms with E-state index in [0.29, 0.717) is 5.75 Å². The maximum absolute atomic E-state index is 10.8. The van der Waals surface area contributed by atoms with Crippen LogP contribution in [-0.2, 0) is 11.3 Å². The number of rotatable bonds is 6. The van der Waals surface area contributed by atoms with Gasteiger partial charge in [0.25, 0.3) is 5.91 Å². The number of hydrogen-bond acceptors (Lipinski definition) is 4. The van der Waals surface area contributed by atoms with Crippen LogP contribution in [0.25, 0.3) is 0 Å². The summed E-state index contributed by atoms with van der Waals surface area (Å²) in [4.78, 5) is 13.3. The van der Waals surface area contributed by atoms with Gasteiger partial charge in [-0.15, -0.1) is 0 Å². The molecule has 0 radical (unpaired) electrons. The van der Waals surface area contributed by atoms with Gasteiger partial charge in [0.15, 0.2) is 6.61 Å². The Balaban J connectivity index is 1.68. The highest BCUT2D eigenvalue weighted by Crippen LogP contribution is 2.39. The maximum atomic E-state index is 10.8. The van der Waals surface area contributed by atoms with Gasteiger partial charge < -0.3 is 15.2 Å². The monoisotopic (exact) mass is 304 g/mol. The summed E-state index contributed by atoms with van der Waals surface area (Å²) in [5.41, 5.74) is 6.22. The van der Waals surface area contributed by atoms with Crippen LogP contribution in [0.4, 0.5) is 0 Å². The van der Waals surface area contributed by atoms with E-state index in [1.54, 1.807) is 7.11 Å². The van der Waals surface area contributed by atoms with E-state index in [0.717, 1.165) is 29.7 Å². The van der Waals surface area contributed by atoms with Crippen LogP contribution in [0.15, 0.2) is 18.2 Å². The van der Waals surface area contributed by atoms with E-state index in [2.05, 4.69) is 4.90 Å². The minimum Gasteiger partial charge on any atom is -0.496 e. The molecule has 0 spiro atoms. The first-order valence-electron chi connectivity index (χ1n) is 7.96. The summed E-state index contributed by atoms with van der Waals surface area (Å²) in [5, 5.41) is 0. The predicted octanol–water partition coefficient (Wildman–Crippen LogP) is 1.79. The highest BCUT2D eigenvalue weighted by molar-refractivity contribution is 5.75. The summed E-state index contributed by atoms with van der Waals surface area (Å²) in [7, 11) is 1.68. The number of carbonyl (C=O) groups excluding carboxylic acids is 1. The summed E-state index contributed by atoms with van der Waals surface area (Å²) in [6.45, 7) is 3.13. The van der Waals surface area contributed by atoms with Gasteiger partial charge in [-0.3, -0.25) is 9.69 Å². The van der Waals surface area contributed by atoms with Gasteiger partial charge >= 0.3 is 0 Å². The number of fused-ring (bicyclic) bond motifs is 1. The lowest BCUT2D eigenvalue weighted by atomic mass is 10.0. The van der Waals surface area contributed by atoms with Crippen LogP contribution in [0, 0.1) is 11.8 Å². The third-order valence-corrected chi connectivity index (χ3v) is 4.83. The summed E-state index contributed by atoms with van der Waals surface area (Å²) < 4.78 is 10.9. The van der Waals surface area contributed by atoms with E-state index in [4.69, 9.17) is 15.2 Å². The number of hydrogen-bond donors (Lipinski definition) is 1. The number of methoxy groups -OCH3 is 1. The van der Waals surface area contributed by atoms with Crippen molar-refractivity contribution in [3.05, 3.63) is 23.8 Å². The standard InChI is InChI=1S/C17H24N2O3/c1-21-16-6-5-15(22-11-17(18)20)7-14(16)10-19-8-12-3-2-4-13(12)9-19/h5-7,12-13H,2-4,8-11H2,1H3,(H2,18,20)/t12-,13+. The Labute approximate surface area is 131 Å². The topological polar surface area (TPSA) is 64.8 Å². The van der Waals surface area contributed by atoms with Crippen LogP contribution in [0.1, 0.15) is 24.8 Å². The van der Waals surface area contributed by atoms with Crippen molar-refractivity contribution in [1.29, 1.82) is 0 Å². The van der Waals surface area contributed by atoms with Crippen molar-refractivity contribution in [3.8, 4) is 11.5 Å². The summed E-state index contributed by atoms with van der Waals surface area (Å²) in [6, 6.07) is 5.66. The third-order valence-electron chi connectivity index (χ3n) is 4.83. The van der Waals surface area contributed by atoms with E-state index >= 15 is 0 Å². The van der Waals surface area contributed by atoms with Crippen LogP contribution >= 0.6 is 0 Å². The number of amides is 1. The molecule has 120 valence electrons. The van der Waals surface area contributed by atoms with Gasteiger partial charge in [0.05, 0.1) is 7.11 Å². The average molecular weight is 304 g/mol. The van der Waals surface area contributed by atoms with E-state index in [1.165, 1.54) is 32.4 Å². The molecule has 3 rings (SSSR count). The molecule has 0 bridgehead atoms. The van der Waals surface area contributed by atoms with Crippen LogP contribution in [0.2, 0.25) is 0 Å². The van der Waals surface area contributed by atoms with Crippen molar-refractivity contribution in [2.45, 2.75) is 25.8 Å². The second-order valence-corrected chi connectivity index (χ2v) is 6.37. The molecule has 1 aliphatic carbocycles. The highest BCUT2D eigenvalue weighted by atomic mass is 16.5. The van der Waals surface area contributed by atoms with E-state index < -0.39 is 5.91 Å². The lowest BCUT2D eigenvalue weighted by Crippen LogP contribution is -2.22. The third kappa shape index (κ3) is 3.35. The van der Waals surface area contributed by atoms with Gasteiger partial charge in [-0.2, -0.15) is 0 Å². The molecule has 1 aliphatic heterocycles. The van der Waals surface area contributed by atoms with Crippen LogP contribution in [0.5, 0.6) is 11.5 Å². The fraction of sp³-hybridized carbons (Fsp3) is 0.588. The molecule has 0 aromatic heterocycles. The smallest absolute Gasteiger partial charge is 0.255 e. The molecular weight excluding hydrogens is 280 g/mol. The maximum Gasteiger partial charge on any atom is 0.255 e. The molecule has 1 aromatic rings. The van der Waals surface area contributed by atoms with Gasteiger partial charge in [-0.05, 0) is 42.9 Å². The zero-order chi connectivity index (χ0) is 15.5. The molecule has 0 unspecified atom stereocenters. The zero-order valence-electron chi connectivity index (χ0n) is 13.1. The first-order chi connectivity index (χ1) is 10.7. The van der Waals surface area contributed by atoms with Crippen LogP contribution in [-0.4, -0.2) is 37.6 Å². The van der Waals surface area contributed by atoms with Crippen molar-refractivity contribution in [1.82, 2.24) is 4.90 Å². The fourth-order valence-electron chi connectivity index (χ4n) is 3.82. The summed E-state index contributed by atoms with van der Waals surface area (Å²) in [6.07, 6.45) is 4.14. The SMILES string of the molecule is COc1ccc(OCC(N)=O)cc1CN1C[C@H]2CCC[C@H]2C1. The highest BCUT2D eigenvalue weighted by Gasteiger charge is 2.36. The Bertz CT molecular complexity index is 535. The lowest BCUT2D eigenvalue weighted by molar-refractivity contribution is -0.119. The van der Waals surface area contributed by atoms with Crippen molar-refractivity contribution in [2.75, 3.05) is 26.8 Å². The molecule has 5 heteroatoms. The van der Waals surface area contributed by atoms with Gasteiger partial charge in [-0.25, -0.2) is 0 Å². The molecule has 1 saturated carbocycles. The quantitative estimate of drug-likeness (QED) is 0.870. The number of benzene rings is 1. The Kier molecular flexibility index (Phi) is 4.52. The van der Waals surface area contributed by atoms with Crippen LogP contribution in [0.3, 0.4) is 0 Å². The molecule has 2 atom stereocenters. The molecular formula is C17H24N2O3. The van der Waals surface area contributed by atoms with Crippen molar-refractivity contribution in [2.24, 2.45) is 17.6 Å². The first-order valence-corrected chi connectivity index (χ1v) is 7.96. The van der Waals surface area contributed by atoms with Gasteiger partial charge in [0, 0.05) is 25.2 Å². The van der Waals surface area contributed by atoms with Crippen molar-refractivity contribution < 1.29 is 14.3 Å². The summed E-state index contributed by atoms with van der Waals surface area (Å²) in [5.74, 6) is 2.81. The largest absolute Gasteiger partial charge is 0.496 e. The molecule has 2 aliphatic rings.